The molecule has 3 aromatic carbocycles. The van der Waals surface area contributed by atoms with Crippen LogP contribution in [0.15, 0.2) is 72.8 Å². The van der Waals surface area contributed by atoms with Gasteiger partial charge in [0.15, 0.2) is 18.2 Å². The number of carbonyl (C=O) groups excluding carboxylic acids is 1. The summed E-state index contributed by atoms with van der Waals surface area (Å²) >= 11 is 5.96. The van der Waals surface area contributed by atoms with E-state index < -0.39 is 30.1 Å². The molecule has 0 bridgehead atoms. The van der Waals surface area contributed by atoms with Crippen LogP contribution >= 0.6 is 11.6 Å². The number of amides is 1. The van der Waals surface area contributed by atoms with Gasteiger partial charge in [0.2, 0.25) is 0 Å². The van der Waals surface area contributed by atoms with Crippen LogP contribution in [0.5, 0.6) is 5.75 Å². The Kier molecular flexibility index (Phi) is 7.26. The first kappa shape index (κ1) is 22.3. The molecule has 31 heavy (non-hydrogen) atoms. The number of hydrogen-bond acceptors (Lipinski definition) is 3. The lowest BCUT2D eigenvalue weighted by molar-refractivity contribution is -0.136. The molecule has 7 heteroatoms. The van der Waals surface area contributed by atoms with Crippen molar-refractivity contribution in [1.29, 1.82) is 0 Å². The quantitative estimate of drug-likeness (QED) is 0.512. The highest BCUT2D eigenvalue weighted by Crippen LogP contribution is 2.26. The van der Waals surface area contributed by atoms with Crippen molar-refractivity contribution in [2.45, 2.75) is 19.5 Å². The van der Waals surface area contributed by atoms with Crippen molar-refractivity contribution in [2.75, 3.05) is 6.61 Å². The number of benzene rings is 3. The van der Waals surface area contributed by atoms with Crippen molar-refractivity contribution in [3.05, 3.63) is 100 Å². The molecule has 0 aliphatic rings. The lowest BCUT2D eigenvalue weighted by Gasteiger charge is -2.30. The largest absolute Gasteiger partial charge is 0.480 e. The van der Waals surface area contributed by atoms with Crippen molar-refractivity contribution in [2.24, 2.45) is 0 Å². The van der Waals surface area contributed by atoms with Crippen LogP contribution in [0.4, 0.5) is 4.39 Å². The SMILES string of the molecule is C[C@@H](c1ccccc1)N(Cc1ccc(Cl)cc1)C(=O)COc1c(F)cccc1C(=O)O. The van der Waals surface area contributed by atoms with Gasteiger partial charge in [0.1, 0.15) is 5.56 Å². The number of carbonyl (C=O) groups is 2. The van der Waals surface area contributed by atoms with Crippen molar-refractivity contribution >= 4 is 23.5 Å². The van der Waals surface area contributed by atoms with Crippen LogP contribution in [0.25, 0.3) is 0 Å². The number of carboxylic acids is 1. The third kappa shape index (κ3) is 5.61. The molecule has 160 valence electrons. The lowest BCUT2D eigenvalue weighted by Crippen LogP contribution is -2.36. The van der Waals surface area contributed by atoms with Crippen molar-refractivity contribution in [3.63, 3.8) is 0 Å². The standard InChI is InChI=1S/C24H21ClFNO4/c1-16(18-6-3-2-4-7-18)27(14-17-10-12-19(25)13-11-17)22(28)15-31-23-20(24(29)30)8-5-9-21(23)26/h2-13,16H,14-15H2,1H3,(H,29,30)/t16-/m0/s1. The molecule has 1 atom stereocenters. The minimum Gasteiger partial charge on any atom is -0.480 e. The molecule has 3 rings (SSSR count). The average Bonchev–Trinajstić information content (AvgIpc) is 2.77. The van der Waals surface area contributed by atoms with Crippen LogP contribution in [0.3, 0.4) is 0 Å². The first-order valence-corrected chi connectivity index (χ1v) is 9.98. The molecule has 1 N–H and O–H groups in total. The van der Waals surface area contributed by atoms with E-state index in [0.29, 0.717) is 5.02 Å². The Labute approximate surface area is 184 Å². The van der Waals surface area contributed by atoms with Gasteiger partial charge in [-0.05, 0) is 42.3 Å². The van der Waals surface area contributed by atoms with Gasteiger partial charge in [-0.15, -0.1) is 0 Å². The molecule has 0 heterocycles. The minimum absolute atomic E-state index is 0.276. The molecule has 0 saturated heterocycles. The molecule has 0 unspecified atom stereocenters. The van der Waals surface area contributed by atoms with Crippen LogP contribution in [0.1, 0.15) is 34.5 Å². The number of nitrogens with zero attached hydrogens (tertiary/aromatic N) is 1. The zero-order valence-electron chi connectivity index (χ0n) is 16.8. The summed E-state index contributed by atoms with van der Waals surface area (Å²) in [5, 5.41) is 9.85. The van der Waals surface area contributed by atoms with Crippen LogP contribution in [0, 0.1) is 5.82 Å². The fourth-order valence-electron chi connectivity index (χ4n) is 3.18. The van der Waals surface area contributed by atoms with Gasteiger partial charge in [-0.25, -0.2) is 9.18 Å². The molecule has 0 fully saturated rings. The van der Waals surface area contributed by atoms with Gasteiger partial charge < -0.3 is 14.7 Å². The zero-order valence-corrected chi connectivity index (χ0v) is 17.6. The van der Waals surface area contributed by atoms with E-state index in [9.17, 15) is 19.1 Å². The van der Waals surface area contributed by atoms with E-state index in [1.807, 2.05) is 49.4 Å². The second kappa shape index (κ2) is 10.1. The summed E-state index contributed by atoms with van der Waals surface area (Å²) in [7, 11) is 0. The van der Waals surface area contributed by atoms with Gasteiger partial charge in [0, 0.05) is 11.6 Å². The van der Waals surface area contributed by atoms with E-state index in [1.54, 1.807) is 17.0 Å². The predicted molar refractivity (Wildman–Crippen MR) is 116 cm³/mol. The van der Waals surface area contributed by atoms with E-state index in [0.717, 1.165) is 17.2 Å². The molecule has 0 radical (unpaired) electrons. The molecule has 0 aromatic heterocycles. The van der Waals surface area contributed by atoms with Crippen LogP contribution in [-0.2, 0) is 11.3 Å². The van der Waals surface area contributed by atoms with Crippen LogP contribution in [0.2, 0.25) is 5.02 Å². The Morgan fingerprint density at radius 1 is 1.03 bits per heavy atom. The van der Waals surface area contributed by atoms with E-state index in [2.05, 4.69) is 0 Å². The number of ether oxygens (including phenoxy) is 1. The maximum absolute atomic E-state index is 14.1. The highest BCUT2D eigenvalue weighted by atomic mass is 35.5. The summed E-state index contributed by atoms with van der Waals surface area (Å²) in [6, 6.07) is 19.9. The molecule has 0 aliphatic carbocycles. The van der Waals surface area contributed by atoms with Crippen LogP contribution in [-0.4, -0.2) is 28.5 Å². The van der Waals surface area contributed by atoms with Gasteiger partial charge >= 0.3 is 5.97 Å². The lowest BCUT2D eigenvalue weighted by atomic mass is 10.1. The summed E-state index contributed by atoms with van der Waals surface area (Å²) in [6.07, 6.45) is 0. The van der Waals surface area contributed by atoms with E-state index in [1.165, 1.54) is 12.1 Å². The molecule has 1 amide bonds. The topological polar surface area (TPSA) is 66.8 Å². The molecule has 5 nitrogen and oxygen atoms in total. The third-order valence-corrected chi connectivity index (χ3v) is 5.13. The Morgan fingerprint density at radius 2 is 1.71 bits per heavy atom. The molecule has 0 aliphatic heterocycles. The Balaban J connectivity index is 1.84. The first-order valence-electron chi connectivity index (χ1n) is 9.60. The highest BCUT2D eigenvalue weighted by Gasteiger charge is 2.24. The number of halogens is 2. The molecule has 0 spiro atoms. The maximum Gasteiger partial charge on any atom is 0.339 e. The van der Waals surface area contributed by atoms with Gasteiger partial charge in [-0.2, -0.15) is 0 Å². The Bertz CT molecular complexity index is 1060. The molecule has 0 saturated carbocycles. The number of rotatable bonds is 8. The van der Waals surface area contributed by atoms with Gasteiger partial charge in [-0.1, -0.05) is 60.1 Å². The number of aromatic carboxylic acids is 1. The summed E-state index contributed by atoms with van der Waals surface area (Å²) in [6.45, 7) is 1.65. The second-order valence-corrected chi connectivity index (χ2v) is 7.38. The van der Waals surface area contributed by atoms with Gasteiger partial charge in [0.25, 0.3) is 5.91 Å². The fourth-order valence-corrected chi connectivity index (χ4v) is 3.31. The third-order valence-electron chi connectivity index (χ3n) is 4.87. The maximum atomic E-state index is 14.1. The molecule has 3 aromatic rings. The summed E-state index contributed by atoms with van der Waals surface area (Å²) in [5.74, 6) is -3.04. The number of para-hydroxylation sites is 1. The predicted octanol–water partition coefficient (Wildman–Crippen LogP) is 5.35. The summed E-state index contributed by atoms with van der Waals surface area (Å²) in [5.41, 5.74) is 1.44. The number of carboxylic acid groups (broad SMARTS) is 1. The second-order valence-electron chi connectivity index (χ2n) is 6.95. The summed E-state index contributed by atoms with van der Waals surface area (Å²) in [4.78, 5) is 26.1. The first-order chi connectivity index (χ1) is 14.9. The Hall–Kier alpha value is -3.38. The van der Waals surface area contributed by atoms with Crippen molar-refractivity contribution < 1.29 is 23.8 Å². The monoisotopic (exact) mass is 441 g/mol. The van der Waals surface area contributed by atoms with E-state index >= 15 is 0 Å². The minimum atomic E-state index is -1.34. The Morgan fingerprint density at radius 3 is 2.35 bits per heavy atom. The fraction of sp³-hybridized carbons (Fsp3) is 0.167. The van der Waals surface area contributed by atoms with E-state index in [4.69, 9.17) is 16.3 Å². The van der Waals surface area contributed by atoms with Crippen molar-refractivity contribution in [3.8, 4) is 5.75 Å². The highest BCUT2D eigenvalue weighted by molar-refractivity contribution is 6.30. The van der Waals surface area contributed by atoms with Crippen LogP contribution < -0.4 is 4.74 Å². The summed E-state index contributed by atoms with van der Waals surface area (Å²) < 4.78 is 19.5. The molecular weight excluding hydrogens is 421 g/mol. The normalized spacial score (nSPS) is 11.6. The average molecular weight is 442 g/mol. The zero-order chi connectivity index (χ0) is 22.4. The van der Waals surface area contributed by atoms with Crippen molar-refractivity contribution in [1.82, 2.24) is 4.90 Å². The van der Waals surface area contributed by atoms with E-state index in [-0.39, 0.29) is 18.2 Å². The van der Waals surface area contributed by atoms with Gasteiger partial charge in [0.05, 0.1) is 6.04 Å². The van der Waals surface area contributed by atoms with Gasteiger partial charge in [-0.3, -0.25) is 4.79 Å². The molecular formula is C24H21ClFNO4. The number of hydrogen-bond donors (Lipinski definition) is 1. The smallest absolute Gasteiger partial charge is 0.339 e.